The van der Waals surface area contributed by atoms with Crippen LogP contribution in [0.15, 0.2) is 49.6 Å². The van der Waals surface area contributed by atoms with E-state index in [-0.39, 0.29) is 5.78 Å². The molecule has 6 nitrogen and oxygen atoms in total. The summed E-state index contributed by atoms with van der Waals surface area (Å²) in [5.41, 5.74) is 3.66. The van der Waals surface area contributed by atoms with E-state index in [2.05, 4.69) is 15.4 Å². The molecule has 0 aliphatic heterocycles. The lowest BCUT2D eigenvalue weighted by molar-refractivity contribution is 0.102. The Morgan fingerprint density at radius 3 is 2.48 bits per heavy atom. The van der Waals surface area contributed by atoms with Crippen molar-refractivity contribution in [2.24, 2.45) is 0 Å². The summed E-state index contributed by atoms with van der Waals surface area (Å²) in [5, 5.41) is 13.2. The highest BCUT2D eigenvalue weighted by atomic mass is 35.5. The largest absolute Gasteiger partial charge is 0.360 e. The van der Waals surface area contributed by atoms with Gasteiger partial charge < -0.3 is 4.52 Å². The molecule has 0 saturated heterocycles. The van der Waals surface area contributed by atoms with Crippen LogP contribution in [0.4, 0.5) is 0 Å². The van der Waals surface area contributed by atoms with Crippen LogP contribution >= 0.6 is 46.5 Å². The molecule has 0 fully saturated rings. The Morgan fingerprint density at radius 1 is 1.10 bits per heavy atom. The number of aryl methyl sites for hydroxylation is 2. The molecule has 1 aromatic carbocycles. The van der Waals surface area contributed by atoms with Gasteiger partial charge in [0.15, 0.2) is 20.3 Å². The van der Waals surface area contributed by atoms with E-state index in [0.717, 1.165) is 36.6 Å². The van der Waals surface area contributed by atoms with Crippen LogP contribution < -0.4 is 0 Å². The lowest BCUT2D eigenvalue weighted by Gasteiger charge is -2.04. The van der Waals surface area contributed by atoms with Crippen molar-refractivity contribution in [3.63, 3.8) is 0 Å². The molecule has 0 N–H and O–H groups in total. The fraction of sp³-hybridized carbons (Fsp3) is 0.238. The molecular weight excluding hydrogens is 472 g/mol. The van der Waals surface area contributed by atoms with Crippen molar-refractivity contribution in [3.8, 4) is 5.82 Å². The molecule has 4 aromatic rings. The molecule has 0 aliphatic rings. The van der Waals surface area contributed by atoms with Gasteiger partial charge in [-0.3, -0.25) is 9.36 Å². The smallest absolute Gasteiger partial charge is 0.180 e. The van der Waals surface area contributed by atoms with Gasteiger partial charge in [0.25, 0.3) is 0 Å². The average molecular weight is 491 g/mol. The minimum atomic E-state index is 0.0511. The summed E-state index contributed by atoms with van der Waals surface area (Å²) in [5.74, 6) is 2.56. The van der Waals surface area contributed by atoms with Gasteiger partial charge in [-0.05, 0) is 44.5 Å². The number of hydrogen-bond acceptors (Lipinski definition) is 8. The molecule has 0 spiro atoms. The average Bonchev–Trinajstić information content (AvgIpc) is 3.45. The Hall–Kier alpha value is -2.07. The van der Waals surface area contributed by atoms with Crippen LogP contribution in [0.3, 0.4) is 0 Å². The Kier molecular flexibility index (Phi) is 6.86. The van der Waals surface area contributed by atoms with Gasteiger partial charge in [0, 0.05) is 33.8 Å². The molecule has 0 unspecified atom stereocenters. The molecule has 4 rings (SSSR count). The van der Waals surface area contributed by atoms with Gasteiger partial charge in [-0.15, -0.1) is 10.2 Å². The SMILES string of the molecule is Cc1cc(-n2c(C)cc(C(=O)CSc3nnc(SCc4ccc(Cl)cc4)s3)c2C)no1. The monoisotopic (exact) mass is 490 g/mol. The van der Waals surface area contributed by atoms with Crippen molar-refractivity contribution in [1.82, 2.24) is 19.9 Å². The van der Waals surface area contributed by atoms with Crippen LogP contribution in [-0.2, 0) is 5.75 Å². The molecule has 0 aliphatic carbocycles. The highest BCUT2D eigenvalue weighted by Gasteiger charge is 2.19. The zero-order valence-corrected chi connectivity index (χ0v) is 20.3. The topological polar surface area (TPSA) is 73.8 Å². The summed E-state index contributed by atoms with van der Waals surface area (Å²) >= 11 is 10.5. The molecule has 0 atom stereocenters. The molecule has 0 radical (unpaired) electrons. The maximum atomic E-state index is 12.8. The predicted octanol–water partition coefficient (Wildman–Crippen LogP) is 6.16. The second-order valence-corrected chi connectivity index (χ2v) is 10.7. The highest BCUT2D eigenvalue weighted by Crippen LogP contribution is 2.31. The molecule has 0 bridgehead atoms. The summed E-state index contributed by atoms with van der Waals surface area (Å²) in [6.07, 6.45) is 0. The van der Waals surface area contributed by atoms with Gasteiger partial charge in [-0.25, -0.2) is 0 Å². The zero-order valence-electron chi connectivity index (χ0n) is 17.1. The number of hydrogen-bond donors (Lipinski definition) is 0. The number of carbonyl (C=O) groups is 1. The van der Waals surface area contributed by atoms with Crippen LogP contribution in [0, 0.1) is 20.8 Å². The number of benzene rings is 1. The van der Waals surface area contributed by atoms with Gasteiger partial charge in [0.1, 0.15) is 5.76 Å². The quantitative estimate of drug-likeness (QED) is 0.216. The van der Waals surface area contributed by atoms with E-state index in [9.17, 15) is 4.79 Å². The minimum Gasteiger partial charge on any atom is -0.360 e. The lowest BCUT2D eigenvalue weighted by atomic mass is 10.2. The molecule has 3 aromatic heterocycles. The Morgan fingerprint density at radius 2 is 1.81 bits per heavy atom. The molecular formula is C21H19ClN4O2S3. The second kappa shape index (κ2) is 9.60. The fourth-order valence-corrected chi connectivity index (χ4v) is 6.09. The van der Waals surface area contributed by atoms with E-state index < -0.39 is 0 Å². The van der Waals surface area contributed by atoms with Crippen LogP contribution in [0.5, 0.6) is 0 Å². The van der Waals surface area contributed by atoms with Gasteiger partial charge in [0.2, 0.25) is 0 Å². The van der Waals surface area contributed by atoms with E-state index in [1.165, 1.54) is 28.7 Å². The zero-order chi connectivity index (χ0) is 22.0. The van der Waals surface area contributed by atoms with E-state index in [1.54, 1.807) is 11.8 Å². The van der Waals surface area contributed by atoms with Gasteiger partial charge in [-0.2, -0.15) is 0 Å². The number of carbonyl (C=O) groups excluding carboxylic acids is 1. The van der Waals surface area contributed by atoms with E-state index in [0.29, 0.717) is 17.1 Å². The summed E-state index contributed by atoms with van der Waals surface area (Å²) < 4.78 is 8.78. The number of rotatable bonds is 8. The number of ketones is 1. The predicted molar refractivity (Wildman–Crippen MR) is 126 cm³/mol. The highest BCUT2D eigenvalue weighted by molar-refractivity contribution is 8.03. The van der Waals surface area contributed by atoms with E-state index >= 15 is 0 Å². The third-order valence-corrected chi connectivity index (χ3v) is 8.08. The van der Waals surface area contributed by atoms with Crippen molar-refractivity contribution >= 4 is 52.2 Å². The molecule has 10 heteroatoms. The Labute approximate surface area is 197 Å². The molecule has 0 amide bonds. The molecule has 3 heterocycles. The molecule has 31 heavy (non-hydrogen) atoms. The maximum Gasteiger partial charge on any atom is 0.180 e. The summed E-state index contributed by atoms with van der Waals surface area (Å²) in [7, 11) is 0. The molecule has 160 valence electrons. The van der Waals surface area contributed by atoms with Crippen molar-refractivity contribution < 1.29 is 9.32 Å². The Bertz CT molecular complexity index is 1210. The van der Waals surface area contributed by atoms with Gasteiger partial charge in [0.05, 0.1) is 5.75 Å². The van der Waals surface area contributed by atoms with Crippen molar-refractivity contribution in [3.05, 3.63) is 69.7 Å². The number of aromatic nitrogens is 4. The third-order valence-electron chi connectivity index (χ3n) is 4.57. The third kappa shape index (κ3) is 5.23. The van der Waals surface area contributed by atoms with Crippen molar-refractivity contribution in [2.75, 3.05) is 5.75 Å². The summed E-state index contributed by atoms with van der Waals surface area (Å²) in [4.78, 5) is 12.8. The van der Waals surface area contributed by atoms with Crippen LogP contribution in [0.2, 0.25) is 5.02 Å². The first-order valence-corrected chi connectivity index (χ1v) is 12.6. The first-order valence-electron chi connectivity index (χ1n) is 9.40. The summed E-state index contributed by atoms with van der Waals surface area (Å²) in [6.45, 7) is 5.72. The van der Waals surface area contributed by atoms with E-state index in [1.807, 2.05) is 61.7 Å². The first-order chi connectivity index (χ1) is 14.9. The maximum absolute atomic E-state index is 12.8. The van der Waals surface area contributed by atoms with Crippen molar-refractivity contribution in [1.29, 1.82) is 0 Å². The first kappa shape index (κ1) is 22.1. The number of nitrogens with zero attached hydrogens (tertiary/aromatic N) is 4. The van der Waals surface area contributed by atoms with Crippen LogP contribution in [-0.4, -0.2) is 31.5 Å². The number of Topliss-reactive ketones (excluding diaryl/α,β-unsaturated/α-hetero) is 1. The summed E-state index contributed by atoms with van der Waals surface area (Å²) in [6, 6.07) is 11.5. The van der Waals surface area contributed by atoms with Gasteiger partial charge >= 0.3 is 0 Å². The van der Waals surface area contributed by atoms with Crippen LogP contribution in [0.1, 0.15) is 33.1 Å². The van der Waals surface area contributed by atoms with E-state index in [4.69, 9.17) is 16.1 Å². The lowest BCUT2D eigenvalue weighted by Crippen LogP contribution is -2.05. The standard InChI is InChI=1S/C21H19ClN4O2S3/c1-12-8-17(14(3)26(12)19-9-13(2)28-25-19)18(27)11-30-21-24-23-20(31-21)29-10-15-4-6-16(22)7-5-15/h4-9H,10-11H2,1-3H3. The second-order valence-electron chi connectivity index (χ2n) is 6.88. The number of halogens is 1. The van der Waals surface area contributed by atoms with Crippen LogP contribution in [0.25, 0.3) is 5.82 Å². The normalized spacial score (nSPS) is 11.2. The minimum absolute atomic E-state index is 0.0511. The van der Waals surface area contributed by atoms with Gasteiger partial charge in [-0.1, -0.05) is 63.8 Å². The number of thioether (sulfide) groups is 2. The Balaban J connectivity index is 1.37. The molecule has 0 saturated carbocycles. The van der Waals surface area contributed by atoms with Crippen molar-refractivity contribution in [2.45, 2.75) is 35.2 Å². The fourth-order valence-electron chi connectivity index (χ4n) is 3.10.